The first kappa shape index (κ1) is 20.2. The summed E-state index contributed by atoms with van der Waals surface area (Å²) in [5.41, 5.74) is 2.54. The molecule has 1 aliphatic heterocycles. The van der Waals surface area contributed by atoms with E-state index in [0.29, 0.717) is 35.0 Å². The first-order valence-electron chi connectivity index (χ1n) is 9.83. The number of fused-ring (bicyclic) bond motifs is 1. The van der Waals surface area contributed by atoms with Crippen molar-refractivity contribution in [3.05, 3.63) is 83.7 Å². The number of amides is 1. The summed E-state index contributed by atoms with van der Waals surface area (Å²) < 4.78 is 24.7. The summed E-state index contributed by atoms with van der Waals surface area (Å²) >= 11 is 0. The van der Waals surface area contributed by atoms with Crippen LogP contribution in [0.25, 0.3) is 0 Å². The van der Waals surface area contributed by atoms with Crippen LogP contribution >= 0.6 is 0 Å². The zero-order valence-electron chi connectivity index (χ0n) is 16.8. The second kappa shape index (κ2) is 8.76. The molecule has 4 rings (SSSR count). The van der Waals surface area contributed by atoms with Gasteiger partial charge >= 0.3 is 0 Å². The van der Waals surface area contributed by atoms with E-state index in [1.165, 1.54) is 12.1 Å². The third kappa shape index (κ3) is 4.01. The molecule has 0 spiro atoms. The molecule has 0 aromatic heterocycles. The van der Waals surface area contributed by atoms with Gasteiger partial charge in [-0.2, -0.15) is 5.26 Å². The fraction of sp³-hybridized carbons (Fsp3) is 0.167. The zero-order valence-corrected chi connectivity index (χ0v) is 16.8. The Labute approximate surface area is 179 Å². The zero-order chi connectivity index (χ0) is 21.8. The van der Waals surface area contributed by atoms with Crippen molar-refractivity contribution in [2.24, 2.45) is 0 Å². The van der Waals surface area contributed by atoms with Crippen LogP contribution in [0.3, 0.4) is 0 Å². The van der Waals surface area contributed by atoms with Gasteiger partial charge in [-0.05, 0) is 61.0 Å². The van der Waals surface area contributed by atoms with Crippen LogP contribution in [0, 0.1) is 17.1 Å². The fourth-order valence-corrected chi connectivity index (χ4v) is 3.55. The van der Waals surface area contributed by atoms with E-state index in [-0.39, 0.29) is 18.3 Å². The summed E-state index contributed by atoms with van der Waals surface area (Å²) in [6.07, 6.45) is -0.558. The largest absolute Gasteiger partial charge is 0.490 e. The number of hydrogen-bond donors (Lipinski definition) is 1. The lowest BCUT2D eigenvalue weighted by atomic mass is 10.0. The number of ether oxygens (including phenoxy) is 2. The number of para-hydroxylation sites is 1. The second-order valence-corrected chi connectivity index (χ2v) is 6.83. The SMILES string of the molecule is CCOc1cc([C@@H]2Nc3ccccc3C(=O)N2c2ccc(F)cc2)ccc1OCC#N. The number of nitriles is 1. The molecule has 1 atom stereocenters. The topological polar surface area (TPSA) is 74.6 Å². The molecule has 6 nitrogen and oxygen atoms in total. The summed E-state index contributed by atoms with van der Waals surface area (Å²) in [7, 11) is 0. The number of halogens is 1. The standard InChI is InChI=1S/C24H20FN3O3/c1-2-30-22-15-16(7-12-21(22)31-14-13-26)23-27-20-6-4-3-5-19(20)24(29)28(23)18-10-8-17(25)9-11-18/h3-12,15,23,27H,2,14H2,1H3/t23-/m1/s1. The Morgan fingerprint density at radius 2 is 1.84 bits per heavy atom. The summed E-state index contributed by atoms with van der Waals surface area (Å²) in [6.45, 7) is 2.16. The Bertz CT molecular complexity index is 1140. The Balaban J connectivity index is 1.80. The summed E-state index contributed by atoms with van der Waals surface area (Å²) in [5, 5.41) is 12.2. The Morgan fingerprint density at radius 3 is 2.58 bits per heavy atom. The molecular weight excluding hydrogens is 397 g/mol. The van der Waals surface area contributed by atoms with Gasteiger partial charge in [0.1, 0.15) is 18.1 Å². The molecule has 0 radical (unpaired) electrons. The molecule has 3 aromatic carbocycles. The maximum absolute atomic E-state index is 13.5. The van der Waals surface area contributed by atoms with E-state index in [2.05, 4.69) is 5.32 Å². The average Bonchev–Trinajstić information content (AvgIpc) is 2.79. The number of nitrogens with one attached hydrogen (secondary N) is 1. The number of nitrogens with zero attached hydrogens (tertiary/aromatic N) is 2. The molecule has 1 amide bonds. The fourth-order valence-electron chi connectivity index (χ4n) is 3.55. The molecule has 0 aliphatic carbocycles. The summed E-state index contributed by atoms with van der Waals surface area (Å²) in [4.78, 5) is 15.0. The summed E-state index contributed by atoms with van der Waals surface area (Å²) in [5.74, 6) is 0.343. The lowest BCUT2D eigenvalue weighted by molar-refractivity contribution is 0.0975. The molecular formula is C24H20FN3O3. The third-order valence-electron chi connectivity index (χ3n) is 4.91. The lowest BCUT2D eigenvalue weighted by Gasteiger charge is -2.38. The molecule has 1 aliphatic rings. The van der Waals surface area contributed by atoms with Crippen molar-refractivity contribution >= 4 is 17.3 Å². The van der Waals surface area contributed by atoms with Crippen molar-refractivity contribution in [1.82, 2.24) is 0 Å². The first-order valence-corrected chi connectivity index (χ1v) is 9.83. The first-order chi connectivity index (χ1) is 15.1. The molecule has 1 N–H and O–H groups in total. The summed E-state index contributed by atoms with van der Waals surface area (Å²) in [6, 6.07) is 20.3. The van der Waals surface area contributed by atoms with Gasteiger partial charge in [0.15, 0.2) is 18.1 Å². The van der Waals surface area contributed by atoms with E-state index in [9.17, 15) is 9.18 Å². The highest BCUT2D eigenvalue weighted by atomic mass is 19.1. The number of anilines is 2. The van der Waals surface area contributed by atoms with Gasteiger partial charge in [0.25, 0.3) is 5.91 Å². The van der Waals surface area contributed by atoms with E-state index in [0.717, 1.165) is 5.56 Å². The van der Waals surface area contributed by atoms with Crippen molar-refractivity contribution in [2.45, 2.75) is 13.1 Å². The van der Waals surface area contributed by atoms with Crippen molar-refractivity contribution in [3.63, 3.8) is 0 Å². The van der Waals surface area contributed by atoms with E-state index in [1.807, 2.05) is 31.2 Å². The van der Waals surface area contributed by atoms with Crippen LogP contribution in [-0.2, 0) is 0 Å². The molecule has 0 fully saturated rings. The number of carbonyl (C=O) groups is 1. The average molecular weight is 417 g/mol. The van der Waals surface area contributed by atoms with Crippen molar-refractivity contribution in [1.29, 1.82) is 5.26 Å². The minimum atomic E-state index is -0.558. The quantitative estimate of drug-likeness (QED) is 0.618. The van der Waals surface area contributed by atoms with Gasteiger partial charge in [0, 0.05) is 11.4 Å². The molecule has 7 heteroatoms. The second-order valence-electron chi connectivity index (χ2n) is 6.83. The van der Waals surface area contributed by atoms with Gasteiger partial charge in [-0.3, -0.25) is 9.69 Å². The maximum Gasteiger partial charge on any atom is 0.262 e. The Hall–Kier alpha value is -4.05. The molecule has 3 aromatic rings. The number of benzene rings is 3. The van der Waals surface area contributed by atoms with Crippen molar-refractivity contribution < 1.29 is 18.7 Å². The van der Waals surface area contributed by atoms with Gasteiger partial charge in [-0.1, -0.05) is 18.2 Å². The van der Waals surface area contributed by atoms with Crippen molar-refractivity contribution in [3.8, 4) is 17.6 Å². The molecule has 156 valence electrons. The van der Waals surface area contributed by atoms with Crippen LogP contribution in [-0.4, -0.2) is 19.1 Å². The Kier molecular flexibility index (Phi) is 5.72. The van der Waals surface area contributed by atoms with E-state index < -0.39 is 6.17 Å². The molecule has 0 bridgehead atoms. The Morgan fingerprint density at radius 1 is 1.06 bits per heavy atom. The van der Waals surface area contributed by atoms with Crippen LogP contribution in [0.4, 0.5) is 15.8 Å². The monoisotopic (exact) mass is 417 g/mol. The van der Waals surface area contributed by atoms with Gasteiger partial charge in [-0.25, -0.2) is 4.39 Å². The molecule has 0 saturated heterocycles. The molecule has 31 heavy (non-hydrogen) atoms. The smallest absolute Gasteiger partial charge is 0.262 e. The van der Waals surface area contributed by atoms with Gasteiger partial charge in [0.2, 0.25) is 0 Å². The highest BCUT2D eigenvalue weighted by Gasteiger charge is 2.34. The van der Waals surface area contributed by atoms with E-state index in [4.69, 9.17) is 14.7 Å². The highest BCUT2D eigenvalue weighted by molar-refractivity contribution is 6.12. The predicted octanol–water partition coefficient (Wildman–Crippen LogP) is 4.90. The third-order valence-corrected chi connectivity index (χ3v) is 4.91. The van der Waals surface area contributed by atoms with Crippen LogP contribution in [0.2, 0.25) is 0 Å². The number of hydrogen-bond acceptors (Lipinski definition) is 5. The normalized spacial score (nSPS) is 14.9. The van der Waals surface area contributed by atoms with Crippen LogP contribution in [0.1, 0.15) is 29.0 Å². The lowest BCUT2D eigenvalue weighted by Crippen LogP contribution is -2.43. The van der Waals surface area contributed by atoms with Gasteiger partial charge < -0.3 is 14.8 Å². The van der Waals surface area contributed by atoms with E-state index >= 15 is 0 Å². The molecule has 1 heterocycles. The predicted molar refractivity (Wildman–Crippen MR) is 115 cm³/mol. The van der Waals surface area contributed by atoms with E-state index in [1.54, 1.807) is 41.3 Å². The van der Waals surface area contributed by atoms with Gasteiger partial charge in [-0.15, -0.1) is 0 Å². The minimum absolute atomic E-state index is 0.103. The highest BCUT2D eigenvalue weighted by Crippen LogP contribution is 2.39. The van der Waals surface area contributed by atoms with Crippen molar-refractivity contribution in [2.75, 3.05) is 23.4 Å². The number of carbonyl (C=O) groups excluding carboxylic acids is 1. The molecule has 0 saturated carbocycles. The number of rotatable bonds is 6. The van der Waals surface area contributed by atoms with Gasteiger partial charge in [0.05, 0.1) is 12.2 Å². The van der Waals surface area contributed by atoms with Crippen LogP contribution < -0.4 is 19.7 Å². The van der Waals surface area contributed by atoms with Crippen LogP contribution in [0.5, 0.6) is 11.5 Å². The minimum Gasteiger partial charge on any atom is -0.490 e. The molecule has 0 unspecified atom stereocenters. The van der Waals surface area contributed by atoms with Crippen LogP contribution in [0.15, 0.2) is 66.7 Å². The maximum atomic E-state index is 13.5.